The lowest BCUT2D eigenvalue weighted by molar-refractivity contribution is -0.276. The average molecular weight is 346 g/mol. The number of nitrogens with zero attached hydrogens (tertiary/aromatic N) is 1. The van der Waals surface area contributed by atoms with Crippen LogP contribution < -0.4 is 10.5 Å². The van der Waals surface area contributed by atoms with Gasteiger partial charge in [0.05, 0.1) is 18.7 Å². The van der Waals surface area contributed by atoms with Crippen molar-refractivity contribution in [2.45, 2.75) is 32.4 Å². The lowest BCUT2D eigenvalue weighted by Crippen LogP contribution is -2.24. The molecule has 0 aliphatic rings. The second-order valence-corrected chi connectivity index (χ2v) is 4.17. The van der Waals surface area contributed by atoms with Gasteiger partial charge in [0.1, 0.15) is 11.3 Å². The Morgan fingerprint density at radius 3 is 2.30 bits per heavy atom. The summed E-state index contributed by atoms with van der Waals surface area (Å²) in [6, 6.07) is 0. The first kappa shape index (κ1) is 19.0. The molecule has 0 saturated carbocycles. The van der Waals surface area contributed by atoms with Crippen molar-refractivity contribution in [2.24, 2.45) is 5.73 Å². The number of hydrogen-bond acceptors (Lipinski definition) is 5. The van der Waals surface area contributed by atoms with Crippen LogP contribution >= 0.6 is 0 Å². The number of ether oxygens (including phenoxy) is 2. The Bertz CT molecular complexity index is 571. The maximum atomic E-state index is 13.2. The van der Waals surface area contributed by atoms with Gasteiger partial charge in [-0.2, -0.15) is 13.2 Å². The molecule has 0 atom stereocenters. The number of alkyl halides is 6. The number of rotatable bonds is 5. The molecule has 0 bridgehead atoms. The number of pyridine rings is 1. The van der Waals surface area contributed by atoms with Gasteiger partial charge >= 0.3 is 18.5 Å². The van der Waals surface area contributed by atoms with Crippen LogP contribution in [0.4, 0.5) is 26.3 Å². The zero-order valence-corrected chi connectivity index (χ0v) is 11.7. The normalized spacial score (nSPS) is 12.2. The predicted molar refractivity (Wildman–Crippen MR) is 64.2 cm³/mol. The zero-order chi connectivity index (χ0) is 17.8. The van der Waals surface area contributed by atoms with E-state index in [2.05, 4.69) is 14.5 Å². The quantitative estimate of drug-likeness (QED) is 0.655. The topological polar surface area (TPSA) is 74.4 Å². The summed E-state index contributed by atoms with van der Waals surface area (Å²) < 4.78 is 84.6. The monoisotopic (exact) mass is 346 g/mol. The molecule has 1 heterocycles. The van der Waals surface area contributed by atoms with Crippen molar-refractivity contribution in [3.63, 3.8) is 0 Å². The second-order valence-electron chi connectivity index (χ2n) is 4.17. The number of carbonyl (C=O) groups is 1. The molecule has 0 unspecified atom stereocenters. The number of aromatic nitrogens is 1. The third-order valence-corrected chi connectivity index (χ3v) is 2.52. The maximum absolute atomic E-state index is 13.2. The van der Waals surface area contributed by atoms with Gasteiger partial charge in [0.25, 0.3) is 0 Å². The van der Waals surface area contributed by atoms with Crippen molar-refractivity contribution in [3.05, 3.63) is 23.0 Å². The van der Waals surface area contributed by atoms with E-state index in [1.807, 2.05) is 0 Å². The fraction of sp³-hybridized carbons (Fsp3) is 0.500. The first-order chi connectivity index (χ1) is 10.5. The van der Waals surface area contributed by atoms with Gasteiger partial charge < -0.3 is 15.2 Å². The Labute approximate surface area is 126 Å². The molecular weight excluding hydrogens is 334 g/mol. The molecule has 1 aromatic rings. The Hall–Kier alpha value is -2.04. The fourth-order valence-corrected chi connectivity index (χ4v) is 1.72. The summed E-state index contributed by atoms with van der Waals surface area (Å²) in [6.07, 6.45) is -10.9. The predicted octanol–water partition coefficient (Wildman–Crippen LogP) is 2.56. The van der Waals surface area contributed by atoms with Gasteiger partial charge in [-0.1, -0.05) is 0 Å². The summed E-state index contributed by atoms with van der Waals surface area (Å²) in [5, 5.41) is 0. The van der Waals surface area contributed by atoms with E-state index >= 15 is 0 Å². The number of esters is 1. The van der Waals surface area contributed by atoms with Crippen LogP contribution in [0.25, 0.3) is 0 Å². The molecule has 0 fully saturated rings. The lowest BCUT2D eigenvalue weighted by atomic mass is 10.1. The molecular formula is C12H12F6N2O3. The molecule has 11 heteroatoms. The number of carbonyl (C=O) groups excluding carboxylic acids is 1. The number of halogens is 6. The third-order valence-electron chi connectivity index (χ3n) is 2.52. The summed E-state index contributed by atoms with van der Waals surface area (Å²) in [6.45, 7) is 0.653. The summed E-state index contributed by atoms with van der Waals surface area (Å²) in [5.74, 6) is -2.58. The summed E-state index contributed by atoms with van der Waals surface area (Å²) in [5.41, 5.74) is 1.80. The van der Waals surface area contributed by atoms with Gasteiger partial charge in [0.2, 0.25) is 0 Å². The highest BCUT2D eigenvalue weighted by Gasteiger charge is 2.43. The second kappa shape index (κ2) is 7.02. The minimum absolute atomic E-state index is 0.104. The largest absolute Gasteiger partial charge is 0.573 e. The zero-order valence-electron chi connectivity index (χ0n) is 11.7. The van der Waals surface area contributed by atoms with Gasteiger partial charge in [-0.05, 0) is 6.92 Å². The molecule has 0 aromatic carbocycles. The molecule has 1 aromatic heterocycles. The molecule has 130 valence electrons. The van der Waals surface area contributed by atoms with E-state index in [9.17, 15) is 31.1 Å². The standard InChI is InChI=1S/C12H12F6N2O3/c1-2-22-8(21)3-7-9(11(13,14)15)10(23-12(16,17)18)6(4-19)5-20-7/h5H,2-4,19H2,1H3. The van der Waals surface area contributed by atoms with Crippen LogP contribution in [0.2, 0.25) is 0 Å². The highest BCUT2D eigenvalue weighted by Crippen LogP contribution is 2.42. The molecule has 0 aliphatic heterocycles. The fourth-order valence-electron chi connectivity index (χ4n) is 1.72. The van der Waals surface area contributed by atoms with E-state index in [0.29, 0.717) is 6.20 Å². The summed E-state index contributed by atoms with van der Waals surface area (Å²) in [4.78, 5) is 14.7. The van der Waals surface area contributed by atoms with Crippen LogP contribution in [-0.4, -0.2) is 23.9 Å². The van der Waals surface area contributed by atoms with Gasteiger partial charge in [-0.15, -0.1) is 13.2 Å². The maximum Gasteiger partial charge on any atom is 0.573 e. The SMILES string of the molecule is CCOC(=O)Cc1ncc(CN)c(OC(F)(F)F)c1C(F)(F)F. The van der Waals surface area contributed by atoms with Crippen LogP contribution in [0.3, 0.4) is 0 Å². The highest BCUT2D eigenvalue weighted by molar-refractivity contribution is 5.73. The first-order valence-corrected chi connectivity index (χ1v) is 6.19. The smallest absolute Gasteiger partial charge is 0.466 e. The summed E-state index contributed by atoms with van der Waals surface area (Å²) >= 11 is 0. The van der Waals surface area contributed by atoms with Gasteiger partial charge in [-0.3, -0.25) is 9.78 Å². The van der Waals surface area contributed by atoms with Crippen LogP contribution in [0, 0.1) is 0 Å². The van der Waals surface area contributed by atoms with Crippen LogP contribution in [0.15, 0.2) is 6.20 Å². The summed E-state index contributed by atoms with van der Waals surface area (Å²) in [7, 11) is 0. The highest BCUT2D eigenvalue weighted by atomic mass is 19.4. The van der Waals surface area contributed by atoms with E-state index in [4.69, 9.17) is 5.73 Å². The number of hydrogen-bond donors (Lipinski definition) is 1. The van der Waals surface area contributed by atoms with E-state index < -0.39 is 54.0 Å². The van der Waals surface area contributed by atoms with Crippen LogP contribution in [0.5, 0.6) is 5.75 Å². The first-order valence-electron chi connectivity index (χ1n) is 6.19. The molecule has 0 radical (unpaired) electrons. The molecule has 0 amide bonds. The Kier molecular flexibility index (Phi) is 5.81. The van der Waals surface area contributed by atoms with Crippen LogP contribution in [0.1, 0.15) is 23.7 Å². The van der Waals surface area contributed by atoms with Crippen molar-refractivity contribution >= 4 is 5.97 Å². The molecule has 0 aliphatic carbocycles. The van der Waals surface area contributed by atoms with E-state index in [-0.39, 0.29) is 6.61 Å². The van der Waals surface area contributed by atoms with E-state index in [1.54, 1.807) is 0 Å². The molecule has 1 rings (SSSR count). The van der Waals surface area contributed by atoms with Gasteiger partial charge in [0.15, 0.2) is 0 Å². The molecule has 5 nitrogen and oxygen atoms in total. The van der Waals surface area contributed by atoms with Crippen molar-refractivity contribution < 1.29 is 40.6 Å². The Balaban J connectivity index is 3.47. The molecule has 0 spiro atoms. The average Bonchev–Trinajstić information content (AvgIpc) is 2.35. The molecule has 0 saturated heterocycles. The van der Waals surface area contributed by atoms with Crippen molar-refractivity contribution in [3.8, 4) is 5.75 Å². The molecule has 23 heavy (non-hydrogen) atoms. The lowest BCUT2D eigenvalue weighted by Gasteiger charge is -2.20. The minimum atomic E-state index is -5.37. The van der Waals surface area contributed by atoms with Gasteiger partial charge in [0, 0.05) is 18.3 Å². The van der Waals surface area contributed by atoms with Crippen molar-refractivity contribution in [1.82, 2.24) is 4.98 Å². The molecule has 2 N–H and O–H groups in total. The third kappa shape index (κ3) is 5.27. The van der Waals surface area contributed by atoms with Crippen molar-refractivity contribution in [2.75, 3.05) is 6.61 Å². The Morgan fingerprint density at radius 1 is 1.26 bits per heavy atom. The van der Waals surface area contributed by atoms with Crippen LogP contribution in [-0.2, 0) is 28.7 Å². The van der Waals surface area contributed by atoms with Crippen molar-refractivity contribution in [1.29, 1.82) is 0 Å². The minimum Gasteiger partial charge on any atom is -0.466 e. The number of nitrogens with two attached hydrogens (primary N) is 1. The van der Waals surface area contributed by atoms with E-state index in [0.717, 1.165) is 0 Å². The van der Waals surface area contributed by atoms with E-state index in [1.165, 1.54) is 6.92 Å². The Morgan fingerprint density at radius 2 is 1.87 bits per heavy atom. The van der Waals surface area contributed by atoms with Gasteiger partial charge in [-0.25, -0.2) is 0 Å².